The quantitative estimate of drug-likeness (QED) is 0.664. The van der Waals surface area contributed by atoms with Crippen molar-refractivity contribution in [3.63, 3.8) is 0 Å². The van der Waals surface area contributed by atoms with Crippen LogP contribution in [0.5, 0.6) is 0 Å². The highest BCUT2D eigenvalue weighted by Crippen LogP contribution is 2.18. The van der Waals surface area contributed by atoms with Crippen LogP contribution in [-0.2, 0) is 0 Å². The molecule has 0 aromatic carbocycles. The van der Waals surface area contributed by atoms with Crippen molar-refractivity contribution in [3.05, 3.63) is 22.2 Å². The monoisotopic (exact) mass is 186 g/mol. The minimum atomic E-state index is -0.303. The van der Waals surface area contributed by atoms with Crippen LogP contribution in [0.1, 0.15) is 11.7 Å². The van der Waals surface area contributed by atoms with Crippen molar-refractivity contribution < 1.29 is 4.52 Å². The molecule has 1 aromatic rings. The number of hydrogen-bond acceptors (Lipinski definition) is 4. The molecule has 66 valence electrons. The van der Waals surface area contributed by atoms with Gasteiger partial charge in [0.05, 0.1) is 11.7 Å². The van der Waals surface area contributed by atoms with Gasteiger partial charge in [0.1, 0.15) is 0 Å². The van der Waals surface area contributed by atoms with Gasteiger partial charge < -0.3 is 9.84 Å². The molecule has 1 atom stereocenters. The van der Waals surface area contributed by atoms with Crippen molar-refractivity contribution in [1.29, 1.82) is 0 Å². The second-order valence-electron chi connectivity index (χ2n) is 2.70. The first-order chi connectivity index (χ1) is 5.86. The zero-order valence-electron chi connectivity index (χ0n) is 6.50. The summed E-state index contributed by atoms with van der Waals surface area (Å²) in [6.07, 6.45) is 0. The van der Waals surface area contributed by atoms with Crippen molar-refractivity contribution in [2.24, 2.45) is 0 Å². The lowest BCUT2D eigenvalue weighted by atomic mass is 10.2. The van der Waals surface area contributed by atoms with Crippen LogP contribution in [0.15, 0.2) is 15.4 Å². The molecule has 1 fully saturated rings. The summed E-state index contributed by atoms with van der Waals surface area (Å²) in [5.41, 5.74) is 0.551. The second kappa shape index (κ2) is 3.37. The fraction of sp³-hybridized carbons (Fsp3) is 0.571. The highest BCUT2D eigenvalue weighted by atomic mass is 32.2. The van der Waals surface area contributed by atoms with E-state index in [1.165, 1.54) is 6.07 Å². The lowest BCUT2D eigenvalue weighted by Crippen LogP contribution is -2.30. The van der Waals surface area contributed by atoms with E-state index in [0.717, 1.165) is 23.7 Å². The van der Waals surface area contributed by atoms with Gasteiger partial charge >= 0.3 is 5.63 Å². The minimum Gasteiger partial charge on any atom is -0.339 e. The van der Waals surface area contributed by atoms with Gasteiger partial charge in [0, 0.05) is 24.1 Å². The molecule has 1 aliphatic heterocycles. The Morgan fingerprint density at radius 2 is 2.58 bits per heavy atom. The van der Waals surface area contributed by atoms with Gasteiger partial charge in [-0.3, -0.25) is 0 Å². The van der Waals surface area contributed by atoms with Crippen LogP contribution >= 0.6 is 11.8 Å². The molecule has 0 bridgehead atoms. The maximum atomic E-state index is 10.7. The van der Waals surface area contributed by atoms with E-state index in [2.05, 4.69) is 15.0 Å². The van der Waals surface area contributed by atoms with E-state index in [-0.39, 0.29) is 11.7 Å². The van der Waals surface area contributed by atoms with E-state index in [4.69, 9.17) is 0 Å². The number of hydrogen-bond donors (Lipinski definition) is 2. The molecule has 5 heteroatoms. The Balaban J connectivity index is 2.13. The van der Waals surface area contributed by atoms with Gasteiger partial charge in [-0.1, -0.05) is 0 Å². The Kier molecular flexibility index (Phi) is 2.23. The minimum absolute atomic E-state index is 0.246. The van der Waals surface area contributed by atoms with Gasteiger partial charge in [-0.2, -0.15) is 11.8 Å². The Bertz CT molecular complexity index is 300. The summed E-state index contributed by atoms with van der Waals surface area (Å²) in [5.74, 6) is 2.13. The molecule has 4 nitrogen and oxygen atoms in total. The van der Waals surface area contributed by atoms with Crippen LogP contribution in [0, 0.1) is 0 Å². The van der Waals surface area contributed by atoms with E-state index >= 15 is 0 Å². The molecule has 0 radical (unpaired) electrons. The lowest BCUT2D eigenvalue weighted by molar-refractivity contribution is 0.376. The molecule has 2 rings (SSSR count). The number of rotatable bonds is 1. The predicted molar refractivity (Wildman–Crippen MR) is 47.4 cm³/mol. The molecule has 1 aromatic heterocycles. The number of aromatic nitrogens is 1. The van der Waals surface area contributed by atoms with Crippen LogP contribution in [0.2, 0.25) is 0 Å². The number of thioether (sulfide) groups is 1. The molecule has 1 unspecified atom stereocenters. The maximum absolute atomic E-state index is 10.7. The molecule has 1 saturated heterocycles. The average Bonchev–Trinajstić information content (AvgIpc) is 2.54. The summed E-state index contributed by atoms with van der Waals surface area (Å²) in [5, 5.41) is 5.91. The summed E-state index contributed by atoms with van der Waals surface area (Å²) in [6, 6.07) is 1.75. The van der Waals surface area contributed by atoms with Gasteiger partial charge in [-0.15, -0.1) is 0 Å². The molecule has 1 aliphatic rings. The van der Waals surface area contributed by atoms with Crippen molar-refractivity contribution in [2.75, 3.05) is 18.1 Å². The van der Waals surface area contributed by atoms with Gasteiger partial charge in [0.25, 0.3) is 0 Å². The summed E-state index contributed by atoms with van der Waals surface area (Å²) >= 11 is 1.88. The summed E-state index contributed by atoms with van der Waals surface area (Å²) < 4.78 is 4.59. The van der Waals surface area contributed by atoms with E-state index in [0.29, 0.717) is 0 Å². The largest absolute Gasteiger partial charge is 0.357 e. The normalized spacial score (nSPS) is 24.2. The van der Waals surface area contributed by atoms with Gasteiger partial charge in [0.15, 0.2) is 0 Å². The first kappa shape index (κ1) is 7.94. The number of H-pyrrole nitrogens is 1. The molecule has 0 spiro atoms. The Morgan fingerprint density at radius 3 is 3.17 bits per heavy atom. The first-order valence-electron chi connectivity index (χ1n) is 3.86. The van der Waals surface area contributed by atoms with E-state index in [1.54, 1.807) is 0 Å². The van der Waals surface area contributed by atoms with Crippen molar-refractivity contribution >= 4 is 11.8 Å². The highest BCUT2D eigenvalue weighted by molar-refractivity contribution is 7.99. The van der Waals surface area contributed by atoms with Crippen LogP contribution in [0.3, 0.4) is 0 Å². The summed E-state index contributed by atoms with van der Waals surface area (Å²) in [4.78, 5) is 10.7. The highest BCUT2D eigenvalue weighted by Gasteiger charge is 2.16. The number of nitrogens with one attached hydrogen (secondary N) is 2. The van der Waals surface area contributed by atoms with Gasteiger partial charge in [-0.05, 0) is 0 Å². The molecule has 0 aliphatic carbocycles. The third-order valence-electron chi connectivity index (χ3n) is 1.84. The Hall–Kier alpha value is -0.680. The standard InChI is InChI=1S/C7H10N2O2S/c10-7-3-5(9-11-7)6-4-12-2-1-8-6/h3,6,8-9H,1-2,4H2. The van der Waals surface area contributed by atoms with Crippen LogP contribution < -0.4 is 10.9 Å². The summed E-state index contributed by atoms with van der Waals surface area (Å²) in [6.45, 7) is 0.989. The Morgan fingerprint density at radius 1 is 1.67 bits per heavy atom. The predicted octanol–water partition coefficient (Wildman–Crippen LogP) is 0.345. The van der Waals surface area contributed by atoms with E-state index < -0.39 is 0 Å². The molecule has 2 heterocycles. The maximum Gasteiger partial charge on any atom is 0.357 e. The zero-order chi connectivity index (χ0) is 8.39. The Labute approximate surface area is 73.7 Å². The molecular weight excluding hydrogens is 176 g/mol. The van der Waals surface area contributed by atoms with Crippen molar-refractivity contribution in [1.82, 2.24) is 10.5 Å². The van der Waals surface area contributed by atoms with Gasteiger partial charge in [-0.25, -0.2) is 9.95 Å². The van der Waals surface area contributed by atoms with E-state index in [1.807, 2.05) is 11.8 Å². The van der Waals surface area contributed by atoms with Crippen molar-refractivity contribution in [3.8, 4) is 0 Å². The fourth-order valence-electron chi connectivity index (χ4n) is 1.23. The fourth-order valence-corrected chi connectivity index (χ4v) is 2.19. The molecule has 0 amide bonds. The molecule has 12 heavy (non-hydrogen) atoms. The lowest BCUT2D eigenvalue weighted by Gasteiger charge is -2.20. The zero-order valence-corrected chi connectivity index (χ0v) is 7.32. The van der Waals surface area contributed by atoms with Gasteiger partial charge in [0.2, 0.25) is 0 Å². The summed E-state index contributed by atoms with van der Waals surface area (Å²) in [7, 11) is 0. The third kappa shape index (κ3) is 1.56. The molecular formula is C7H10N2O2S. The van der Waals surface area contributed by atoms with Crippen LogP contribution in [0.4, 0.5) is 0 Å². The van der Waals surface area contributed by atoms with E-state index in [9.17, 15) is 4.79 Å². The second-order valence-corrected chi connectivity index (χ2v) is 3.85. The third-order valence-corrected chi connectivity index (χ3v) is 2.90. The number of aromatic amines is 1. The average molecular weight is 186 g/mol. The molecule has 2 N–H and O–H groups in total. The first-order valence-corrected chi connectivity index (χ1v) is 5.01. The van der Waals surface area contributed by atoms with Crippen LogP contribution in [0.25, 0.3) is 0 Å². The van der Waals surface area contributed by atoms with Crippen molar-refractivity contribution in [2.45, 2.75) is 6.04 Å². The van der Waals surface area contributed by atoms with Crippen LogP contribution in [-0.4, -0.2) is 23.2 Å². The topological polar surface area (TPSA) is 58.0 Å². The SMILES string of the molecule is O=c1cc(C2CSCCN2)[nH]o1. The molecule has 0 saturated carbocycles. The smallest absolute Gasteiger partial charge is 0.339 e.